The van der Waals surface area contributed by atoms with Gasteiger partial charge in [0.05, 0.1) is 18.8 Å². The summed E-state index contributed by atoms with van der Waals surface area (Å²) in [6, 6.07) is 0. The Morgan fingerprint density at radius 3 is 2.11 bits per heavy atom. The van der Waals surface area contributed by atoms with Gasteiger partial charge in [-0.2, -0.15) is 15.0 Å². The lowest BCUT2D eigenvalue weighted by Crippen LogP contribution is -2.50. The minimum absolute atomic E-state index is 0.0194. The number of ether oxygens (including phenoxy) is 1. The number of halogens is 2. The molecular weight excluding hydrogens is 614 g/mol. The number of nitrogens with two attached hydrogens (primary N) is 1. The minimum Gasteiger partial charge on any atom is -0.378 e. The molecule has 2 N–H and O–H groups in total. The van der Waals surface area contributed by atoms with Crippen molar-refractivity contribution in [3.63, 3.8) is 0 Å². The number of piperidine rings is 1. The van der Waals surface area contributed by atoms with Gasteiger partial charge in [-0.3, -0.25) is 14.4 Å². The van der Waals surface area contributed by atoms with Gasteiger partial charge < -0.3 is 30.1 Å². The lowest BCUT2D eigenvalue weighted by molar-refractivity contribution is -0.135. The molecular formula is C31H42F2N10O4. The van der Waals surface area contributed by atoms with E-state index >= 15 is 0 Å². The molecule has 0 radical (unpaired) electrons. The highest BCUT2D eigenvalue weighted by Crippen LogP contribution is 2.30. The molecule has 3 saturated heterocycles. The second-order valence-electron chi connectivity index (χ2n) is 12.3. The number of carbonyl (C=O) groups excluding carboxylic acids is 3. The first-order chi connectivity index (χ1) is 22.6. The number of hydrogen-bond donors (Lipinski definition) is 1. The van der Waals surface area contributed by atoms with E-state index < -0.39 is 12.1 Å². The van der Waals surface area contributed by atoms with Crippen LogP contribution in [0.2, 0.25) is 0 Å². The molecule has 254 valence electrons. The zero-order valence-corrected chi connectivity index (χ0v) is 26.9. The molecule has 2 amide bonds. The highest BCUT2D eigenvalue weighted by molar-refractivity contribution is 5.93. The molecule has 47 heavy (non-hydrogen) atoms. The molecule has 0 bridgehead atoms. The van der Waals surface area contributed by atoms with Crippen LogP contribution in [0.1, 0.15) is 58.1 Å². The number of amides is 2. The molecule has 0 aromatic carbocycles. The number of carbonyl (C=O) groups is 3. The number of rotatable bonds is 10. The number of hydrogen-bond acceptors (Lipinski definition) is 12. The fraction of sp³-hybridized carbons (Fsp3) is 0.613. The second-order valence-corrected chi connectivity index (χ2v) is 12.3. The van der Waals surface area contributed by atoms with E-state index in [0.29, 0.717) is 83.9 Å². The van der Waals surface area contributed by atoms with Crippen molar-refractivity contribution >= 4 is 35.4 Å². The Bertz CT molecular complexity index is 1470. The number of allylic oxidation sites excluding steroid dienone is 2. The first-order valence-electron chi connectivity index (χ1n) is 16.0. The molecule has 0 unspecified atom stereocenters. The topological polar surface area (TPSA) is 164 Å². The molecule has 2 aromatic rings. The molecule has 16 heteroatoms. The van der Waals surface area contributed by atoms with Crippen LogP contribution in [0.25, 0.3) is 11.4 Å². The Morgan fingerprint density at radius 1 is 0.872 bits per heavy atom. The van der Waals surface area contributed by atoms with Crippen LogP contribution in [-0.2, 0) is 19.1 Å². The zero-order valence-electron chi connectivity index (χ0n) is 26.9. The Balaban J connectivity index is 1.18. The van der Waals surface area contributed by atoms with Crippen LogP contribution in [0, 0.1) is 5.92 Å². The van der Waals surface area contributed by atoms with Crippen LogP contribution < -0.4 is 15.5 Å². The summed E-state index contributed by atoms with van der Waals surface area (Å²) < 4.78 is 33.3. The summed E-state index contributed by atoms with van der Waals surface area (Å²) in [6.45, 7) is 8.74. The van der Waals surface area contributed by atoms with Crippen molar-refractivity contribution in [3.05, 3.63) is 23.5 Å². The standard InChI is InChI=1S/C31H42F2N10O4/c1-20(2)17-22(44)3-4-24(45)40-7-5-21(6-8-40)18-25(46)41-9-11-42(12-10-41)30-37-28(23-19-35-29(34)36-26(23)27(32)33)38-31(39-30)43-13-15-47-16-14-43/h17,19,21,27H,3-16,18H2,1-2H3,(H2,34,35,36). The van der Waals surface area contributed by atoms with Gasteiger partial charge >= 0.3 is 0 Å². The monoisotopic (exact) mass is 656 g/mol. The van der Waals surface area contributed by atoms with Crippen molar-refractivity contribution in [2.24, 2.45) is 5.92 Å². The summed E-state index contributed by atoms with van der Waals surface area (Å²) in [4.78, 5) is 66.6. The van der Waals surface area contributed by atoms with Gasteiger partial charge in [0.2, 0.25) is 29.7 Å². The number of anilines is 3. The molecule has 14 nitrogen and oxygen atoms in total. The fourth-order valence-electron chi connectivity index (χ4n) is 5.97. The molecule has 0 atom stereocenters. The summed E-state index contributed by atoms with van der Waals surface area (Å²) in [5.74, 6) is 0.606. The van der Waals surface area contributed by atoms with Crippen molar-refractivity contribution in [1.29, 1.82) is 0 Å². The van der Waals surface area contributed by atoms with Gasteiger partial charge in [-0.05, 0) is 38.7 Å². The van der Waals surface area contributed by atoms with Crippen LogP contribution in [-0.4, -0.2) is 118 Å². The second kappa shape index (κ2) is 15.5. The van der Waals surface area contributed by atoms with Gasteiger partial charge in [0.25, 0.3) is 6.43 Å². The molecule has 3 aliphatic heterocycles. The molecule has 5 heterocycles. The van der Waals surface area contributed by atoms with Crippen molar-refractivity contribution in [1.82, 2.24) is 34.7 Å². The predicted molar refractivity (Wildman–Crippen MR) is 170 cm³/mol. The Kier molecular flexibility index (Phi) is 11.2. The van der Waals surface area contributed by atoms with Gasteiger partial charge in [0, 0.05) is 77.8 Å². The lowest BCUT2D eigenvalue weighted by atomic mass is 9.92. The molecule has 0 saturated carbocycles. The zero-order chi connectivity index (χ0) is 33.5. The number of likely N-dealkylation sites (tertiary alicyclic amines) is 1. The molecule has 2 aromatic heterocycles. The molecule has 3 fully saturated rings. The van der Waals surface area contributed by atoms with Crippen LogP contribution in [0.3, 0.4) is 0 Å². The number of piperazine rings is 1. The maximum atomic E-state index is 13.9. The average molecular weight is 657 g/mol. The number of morpholine rings is 1. The van der Waals surface area contributed by atoms with Crippen LogP contribution in [0.15, 0.2) is 17.8 Å². The van der Waals surface area contributed by atoms with E-state index in [0.717, 1.165) is 18.4 Å². The molecule has 0 aliphatic carbocycles. The Hall–Kier alpha value is -4.34. The Labute approximate surface area is 272 Å². The van der Waals surface area contributed by atoms with E-state index in [1.54, 1.807) is 11.0 Å². The van der Waals surface area contributed by atoms with Gasteiger partial charge in [0.15, 0.2) is 11.6 Å². The number of ketones is 1. The van der Waals surface area contributed by atoms with Crippen LogP contribution in [0.4, 0.5) is 26.6 Å². The SMILES string of the molecule is CC(C)=CC(=O)CCC(=O)N1CCC(CC(=O)N2CCN(c3nc(-c4cnc(N)nc4C(F)F)nc(N4CCOCC4)n3)CC2)CC1. The number of nitrogens with zero attached hydrogens (tertiary/aromatic N) is 9. The highest BCUT2D eigenvalue weighted by Gasteiger charge is 2.30. The van der Waals surface area contributed by atoms with Crippen LogP contribution in [0.5, 0.6) is 0 Å². The third-order valence-electron chi connectivity index (χ3n) is 8.57. The average Bonchev–Trinajstić information content (AvgIpc) is 3.07. The first-order valence-corrected chi connectivity index (χ1v) is 16.0. The summed E-state index contributed by atoms with van der Waals surface area (Å²) in [5.41, 5.74) is 5.93. The summed E-state index contributed by atoms with van der Waals surface area (Å²) in [6.07, 6.45) is 2.17. The minimum atomic E-state index is -2.91. The van der Waals surface area contributed by atoms with Crippen molar-refractivity contribution < 1.29 is 27.9 Å². The molecule has 0 spiro atoms. The normalized spacial score (nSPS) is 17.6. The smallest absolute Gasteiger partial charge is 0.281 e. The van der Waals surface area contributed by atoms with Crippen molar-refractivity contribution in [2.75, 3.05) is 81.1 Å². The summed E-state index contributed by atoms with van der Waals surface area (Å²) in [5, 5.41) is 0. The van der Waals surface area contributed by atoms with E-state index in [-0.39, 0.29) is 53.7 Å². The summed E-state index contributed by atoms with van der Waals surface area (Å²) >= 11 is 0. The van der Waals surface area contributed by atoms with E-state index in [4.69, 9.17) is 10.5 Å². The van der Waals surface area contributed by atoms with E-state index in [9.17, 15) is 23.2 Å². The third kappa shape index (κ3) is 8.93. The molecule has 5 rings (SSSR count). The van der Waals surface area contributed by atoms with E-state index in [1.807, 2.05) is 28.5 Å². The maximum Gasteiger partial charge on any atom is 0.281 e. The number of alkyl halides is 2. The van der Waals surface area contributed by atoms with E-state index in [1.165, 1.54) is 6.20 Å². The maximum absolute atomic E-state index is 13.9. The van der Waals surface area contributed by atoms with Crippen LogP contribution >= 0.6 is 0 Å². The highest BCUT2D eigenvalue weighted by atomic mass is 19.3. The van der Waals surface area contributed by atoms with Gasteiger partial charge in [0.1, 0.15) is 5.69 Å². The molecule has 3 aliphatic rings. The Morgan fingerprint density at radius 2 is 1.49 bits per heavy atom. The van der Waals surface area contributed by atoms with Gasteiger partial charge in [-0.1, -0.05) is 5.57 Å². The predicted octanol–water partition coefficient (Wildman–Crippen LogP) is 2.28. The van der Waals surface area contributed by atoms with Gasteiger partial charge in [-0.15, -0.1) is 0 Å². The first kappa shape index (κ1) is 34.0. The summed E-state index contributed by atoms with van der Waals surface area (Å²) in [7, 11) is 0. The third-order valence-corrected chi connectivity index (χ3v) is 8.57. The quantitative estimate of drug-likeness (QED) is 0.372. The van der Waals surface area contributed by atoms with E-state index in [2.05, 4.69) is 24.9 Å². The van der Waals surface area contributed by atoms with Crippen molar-refractivity contribution in [3.8, 4) is 11.4 Å². The largest absolute Gasteiger partial charge is 0.378 e. The fourth-order valence-corrected chi connectivity index (χ4v) is 5.97. The number of aromatic nitrogens is 5. The van der Waals surface area contributed by atoms with Crippen molar-refractivity contribution in [2.45, 2.75) is 52.4 Å². The number of nitrogen functional groups attached to an aromatic ring is 1. The lowest BCUT2D eigenvalue weighted by Gasteiger charge is -2.37. The van der Waals surface area contributed by atoms with Gasteiger partial charge in [-0.25, -0.2) is 18.7 Å².